The molecule has 5 rings (SSSR count). The Labute approximate surface area is 236 Å². The van der Waals surface area contributed by atoms with Crippen molar-refractivity contribution in [2.75, 3.05) is 13.2 Å². The Morgan fingerprint density at radius 3 is 2.00 bits per heavy atom. The van der Waals surface area contributed by atoms with E-state index in [-0.39, 0.29) is 19.1 Å². The Balaban J connectivity index is 1.32. The molecule has 0 spiro atoms. The molecule has 1 saturated heterocycles. The van der Waals surface area contributed by atoms with Gasteiger partial charge in [0.25, 0.3) is 0 Å². The maximum atomic E-state index is 12.9. The van der Waals surface area contributed by atoms with Gasteiger partial charge in [-0.15, -0.1) is 0 Å². The normalized spacial score (nSPS) is 17.6. The molecule has 202 valence electrons. The van der Waals surface area contributed by atoms with Crippen LogP contribution in [-0.2, 0) is 14.0 Å². The second-order valence-electron chi connectivity index (χ2n) is 11.5. The molecular formula is C32H35BClNO4. The van der Waals surface area contributed by atoms with Crippen molar-refractivity contribution in [3.63, 3.8) is 0 Å². The number of nitrogens with one attached hydrogen (secondary N) is 1. The van der Waals surface area contributed by atoms with Crippen LogP contribution in [0.5, 0.6) is 0 Å². The third-order valence-corrected chi connectivity index (χ3v) is 8.74. The van der Waals surface area contributed by atoms with Crippen LogP contribution < -0.4 is 5.32 Å². The summed E-state index contributed by atoms with van der Waals surface area (Å²) < 4.78 is 18.4. The second-order valence-corrected chi connectivity index (χ2v) is 11.8. The molecule has 0 saturated carbocycles. The Morgan fingerprint density at radius 1 is 0.949 bits per heavy atom. The van der Waals surface area contributed by atoms with E-state index in [1.807, 2.05) is 84.0 Å². The first-order valence-corrected chi connectivity index (χ1v) is 13.8. The maximum absolute atomic E-state index is 12.9. The molecule has 39 heavy (non-hydrogen) atoms. The van der Waals surface area contributed by atoms with Crippen LogP contribution in [0.2, 0.25) is 5.02 Å². The highest BCUT2D eigenvalue weighted by molar-refractivity contribution is 6.56. The molecule has 1 heterocycles. The van der Waals surface area contributed by atoms with E-state index in [0.29, 0.717) is 0 Å². The van der Waals surface area contributed by atoms with E-state index >= 15 is 0 Å². The molecule has 1 N–H and O–H groups in total. The van der Waals surface area contributed by atoms with Crippen LogP contribution >= 0.6 is 11.6 Å². The van der Waals surface area contributed by atoms with Gasteiger partial charge in [0, 0.05) is 17.5 Å². The predicted molar refractivity (Wildman–Crippen MR) is 158 cm³/mol. The minimum atomic E-state index is -0.611. The number of benzene rings is 3. The topological polar surface area (TPSA) is 56.8 Å². The number of carbonyl (C=O) groups excluding carboxylic acids is 1. The minimum absolute atomic E-state index is 0.00118. The molecule has 5 nitrogen and oxygen atoms in total. The smallest absolute Gasteiger partial charge is 0.449 e. The van der Waals surface area contributed by atoms with Crippen LogP contribution in [0.3, 0.4) is 0 Å². The lowest BCUT2D eigenvalue weighted by Gasteiger charge is -2.32. The largest absolute Gasteiger partial charge is 0.492 e. The number of aryl methyl sites for hydroxylation is 2. The van der Waals surface area contributed by atoms with Crippen molar-refractivity contribution in [2.24, 2.45) is 0 Å². The number of rotatable bonds is 6. The molecule has 2 aliphatic rings. The molecule has 1 aliphatic heterocycles. The SMILES string of the molecule is Cc1cc(C=C(CNC(=O)OCC2c3ccccc3-c3ccccc32)B2OC(C)(C)C(C)(C)O2)cc(C)c1Cl. The summed E-state index contributed by atoms with van der Waals surface area (Å²) in [5, 5.41) is 3.68. The third-order valence-electron chi connectivity index (χ3n) is 8.15. The lowest BCUT2D eigenvalue weighted by molar-refractivity contribution is 0.00578. The van der Waals surface area contributed by atoms with E-state index in [1.54, 1.807) is 0 Å². The van der Waals surface area contributed by atoms with Crippen molar-refractivity contribution in [1.82, 2.24) is 5.32 Å². The van der Waals surface area contributed by atoms with Gasteiger partial charge in [0.05, 0.1) is 11.2 Å². The Hall–Kier alpha value is -3.06. The number of halogens is 1. The molecule has 1 fully saturated rings. The molecule has 0 radical (unpaired) electrons. The number of carbonyl (C=O) groups is 1. The molecule has 1 amide bonds. The molecule has 0 aromatic heterocycles. The van der Waals surface area contributed by atoms with Crippen LogP contribution in [0, 0.1) is 13.8 Å². The zero-order valence-corrected chi connectivity index (χ0v) is 24.2. The maximum Gasteiger partial charge on any atom is 0.492 e. The summed E-state index contributed by atoms with van der Waals surface area (Å²) >= 11 is 6.40. The molecule has 3 aromatic rings. The lowest BCUT2D eigenvalue weighted by atomic mass is 9.77. The summed E-state index contributed by atoms with van der Waals surface area (Å²) in [6.07, 6.45) is 1.52. The van der Waals surface area contributed by atoms with Gasteiger partial charge >= 0.3 is 13.2 Å². The van der Waals surface area contributed by atoms with Gasteiger partial charge in [0.1, 0.15) is 6.61 Å². The van der Waals surface area contributed by atoms with Gasteiger partial charge < -0.3 is 19.4 Å². The average molecular weight is 544 g/mol. The van der Waals surface area contributed by atoms with Gasteiger partial charge in [-0.1, -0.05) is 78.3 Å². The number of fused-ring (bicyclic) bond motifs is 3. The summed E-state index contributed by atoms with van der Waals surface area (Å²) in [6, 6.07) is 20.6. The van der Waals surface area contributed by atoms with E-state index in [2.05, 4.69) is 29.6 Å². The second kappa shape index (κ2) is 10.5. The summed E-state index contributed by atoms with van der Waals surface area (Å²) in [5.74, 6) is 0.00118. The zero-order valence-electron chi connectivity index (χ0n) is 23.4. The summed E-state index contributed by atoms with van der Waals surface area (Å²) in [7, 11) is -0.611. The van der Waals surface area contributed by atoms with Crippen molar-refractivity contribution < 1.29 is 18.8 Å². The first-order valence-electron chi connectivity index (χ1n) is 13.4. The molecule has 0 unspecified atom stereocenters. The molecule has 1 aliphatic carbocycles. The number of amides is 1. The van der Waals surface area contributed by atoms with Gasteiger partial charge in [0.2, 0.25) is 0 Å². The fourth-order valence-electron chi connectivity index (χ4n) is 5.30. The van der Waals surface area contributed by atoms with E-state index in [0.717, 1.165) is 27.2 Å². The van der Waals surface area contributed by atoms with Gasteiger partial charge in [-0.3, -0.25) is 0 Å². The Morgan fingerprint density at radius 2 is 1.46 bits per heavy atom. The van der Waals surface area contributed by atoms with E-state index in [1.165, 1.54) is 22.3 Å². The van der Waals surface area contributed by atoms with Crippen molar-refractivity contribution in [3.05, 3.63) is 99.0 Å². The van der Waals surface area contributed by atoms with Gasteiger partial charge in [0.15, 0.2) is 0 Å². The van der Waals surface area contributed by atoms with Crippen LogP contribution in [0.15, 0.2) is 66.1 Å². The summed E-state index contributed by atoms with van der Waals surface area (Å²) in [4.78, 5) is 12.9. The highest BCUT2D eigenvalue weighted by Crippen LogP contribution is 2.44. The number of ether oxygens (including phenoxy) is 1. The molecule has 3 aromatic carbocycles. The quantitative estimate of drug-likeness (QED) is 0.327. The Kier molecular flexibility index (Phi) is 7.40. The molecule has 0 atom stereocenters. The highest BCUT2D eigenvalue weighted by Gasteiger charge is 2.52. The standard InChI is InChI=1S/C32H35BClNO4/c1-20-15-22(16-21(2)29(20)34)17-23(33-38-31(3,4)32(5,6)39-33)18-35-30(36)37-19-28-26-13-9-7-11-24(26)25-12-8-10-14-27(25)28/h7-17,28H,18-19H2,1-6H3,(H,35,36). The van der Waals surface area contributed by atoms with Crippen LogP contribution in [0.4, 0.5) is 4.79 Å². The minimum Gasteiger partial charge on any atom is -0.449 e. The molecule has 7 heteroatoms. The molecular weight excluding hydrogens is 509 g/mol. The van der Waals surface area contributed by atoms with Gasteiger partial charge in [-0.2, -0.15) is 0 Å². The van der Waals surface area contributed by atoms with Crippen molar-refractivity contribution >= 4 is 30.9 Å². The average Bonchev–Trinajstić information content (AvgIpc) is 3.32. The zero-order chi connectivity index (χ0) is 27.9. The van der Waals surface area contributed by atoms with Crippen molar-refractivity contribution in [3.8, 4) is 11.1 Å². The summed E-state index contributed by atoms with van der Waals surface area (Å²) in [6.45, 7) is 12.5. The monoisotopic (exact) mass is 543 g/mol. The van der Waals surface area contributed by atoms with Gasteiger partial charge in [-0.25, -0.2) is 4.79 Å². The number of hydrogen-bond donors (Lipinski definition) is 1. The van der Waals surface area contributed by atoms with Crippen molar-refractivity contribution in [2.45, 2.75) is 58.7 Å². The van der Waals surface area contributed by atoms with Gasteiger partial charge in [-0.05, 0) is 86.0 Å². The third kappa shape index (κ3) is 5.38. The Bertz CT molecular complexity index is 1360. The van der Waals surface area contributed by atoms with E-state index < -0.39 is 24.4 Å². The first-order chi connectivity index (χ1) is 18.5. The number of hydrogen-bond acceptors (Lipinski definition) is 4. The predicted octanol–water partition coefficient (Wildman–Crippen LogP) is 7.51. The lowest BCUT2D eigenvalue weighted by Crippen LogP contribution is -2.41. The van der Waals surface area contributed by atoms with Crippen LogP contribution in [-0.4, -0.2) is 37.6 Å². The van der Waals surface area contributed by atoms with E-state index in [9.17, 15) is 4.79 Å². The first kappa shape index (κ1) is 27.5. The number of alkyl carbamates (subject to hydrolysis) is 1. The fourth-order valence-corrected chi connectivity index (χ4v) is 5.41. The highest BCUT2D eigenvalue weighted by atomic mass is 35.5. The fraction of sp³-hybridized carbons (Fsp3) is 0.344. The van der Waals surface area contributed by atoms with Crippen LogP contribution in [0.25, 0.3) is 17.2 Å². The summed E-state index contributed by atoms with van der Waals surface area (Å²) in [5.41, 5.74) is 7.47. The van der Waals surface area contributed by atoms with Crippen LogP contribution in [0.1, 0.15) is 61.4 Å². The molecule has 0 bridgehead atoms. The van der Waals surface area contributed by atoms with Crippen molar-refractivity contribution in [1.29, 1.82) is 0 Å². The van der Waals surface area contributed by atoms with E-state index in [4.69, 9.17) is 25.6 Å².